The van der Waals surface area contributed by atoms with Gasteiger partial charge in [0.1, 0.15) is 5.75 Å². The largest absolute Gasteiger partial charge is 0.494 e. The Labute approximate surface area is 120 Å². The Hall–Kier alpha value is -0.840. The molecule has 18 heavy (non-hydrogen) atoms. The van der Waals surface area contributed by atoms with Crippen LogP contribution in [0.3, 0.4) is 0 Å². The number of thiophene rings is 1. The molecule has 0 amide bonds. The summed E-state index contributed by atoms with van der Waals surface area (Å²) in [7, 11) is 0. The molecule has 0 aliphatic rings. The zero-order chi connectivity index (χ0) is 13.1. The molecule has 0 saturated heterocycles. The number of ether oxygens (including phenoxy) is 1. The van der Waals surface area contributed by atoms with E-state index in [-0.39, 0.29) is 6.04 Å². The van der Waals surface area contributed by atoms with Gasteiger partial charge in [0.05, 0.1) is 16.4 Å². The molecule has 0 radical (unpaired) electrons. The fourth-order valence-electron chi connectivity index (χ4n) is 1.88. The Bertz CT molecular complexity index is 521. The summed E-state index contributed by atoms with van der Waals surface area (Å²) < 4.78 is 6.55. The predicted octanol–water partition coefficient (Wildman–Crippen LogP) is 4.27. The van der Waals surface area contributed by atoms with Gasteiger partial charge in [0.15, 0.2) is 0 Å². The summed E-state index contributed by atoms with van der Waals surface area (Å²) in [6.45, 7) is 4.76. The van der Waals surface area contributed by atoms with E-state index in [1.165, 1.54) is 10.4 Å². The highest BCUT2D eigenvalue weighted by Gasteiger charge is 2.14. The molecule has 2 N–H and O–H groups in total. The highest BCUT2D eigenvalue weighted by atomic mass is 79.9. The number of aryl methyl sites for hydroxylation is 1. The SMILES string of the molecule is CCOc1ccc(C(N)c2cc(Br)sc2C)cc1. The van der Waals surface area contributed by atoms with Gasteiger partial charge in [-0.2, -0.15) is 0 Å². The minimum atomic E-state index is -0.0803. The molecule has 2 nitrogen and oxygen atoms in total. The van der Waals surface area contributed by atoms with Crippen LogP contribution in [0, 0.1) is 6.92 Å². The maximum absolute atomic E-state index is 6.30. The molecule has 2 rings (SSSR count). The van der Waals surface area contributed by atoms with Gasteiger partial charge in [0.2, 0.25) is 0 Å². The summed E-state index contributed by atoms with van der Waals surface area (Å²) in [6.07, 6.45) is 0. The number of hydrogen-bond donors (Lipinski definition) is 1. The molecule has 1 aromatic carbocycles. The average Bonchev–Trinajstić information content (AvgIpc) is 2.69. The van der Waals surface area contributed by atoms with Gasteiger partial charge in [-0.3, -0.25) is 0 Å². The lowest BCUT2D eigenvalue weighted by atomic mass is 10.0. The lowest BCUT2D eigenvalue weighted by molar-refractivity contribution is 0.340. The monoisotopic (exact) mass is 325 g/mol. The van der Waals surface area contributed by atoms with Gasteiger partial charge >= 0.3 is 0 Å². The molecule has 0 spiro atoms. The smallest absolute Gasteiger partial charge is 0.119 e. The zero-order valence-corrected chi connectivity index (χ0v) is 12.8. The van der Waals surface area contributed by atoms with Crippen molar-refractivity contribution in [2.24, 2.45) is 5.73 Å². The molecule has 0 aliphatic heterocycles. The van der Waals surface area contributed by atoms with E-state index in [4.69, 9.17) is 10.5 Å². The van der Waals surface area contributed by atoms with Gasteiger partial charge < -0.3 is 10.5 Å². The third-order valence-electron chi connectivity index (χ3n) is 2.81. The summed E-state index contributed by atoms with van der Waals surface area (Å²) in [4.78, 5) is 1.25. The van der Waals surface area contributed by atoms with Gasteiger partial charge in [-0.25, -0.2) is 0 Å². The Morgan fingerprint density at radius 2 is 2.00 bits per heavy atom. The van der Waals surface area contributed by atoms with Crippen LogP contribution in [0.4, 0.5) is 0 Å². The van der Waals surface area contributed by atoms with Gasteiger partial charge in [-0.05, 0) is 59.1 Å². The summed E-state index contributed by atoms with van der Waals surface area (Å²) >= 11 is 5.21. The van der Waals surface area contributed by atoms with E-state index in [1.54, 1.807) is 11.3 Å². The number of nitrogens with two attached hydrogens (primary N) is 1. The molecular formula is C14H16BrNOS. The minimum Gasteiger partial charge on any atom is -0.494 e. The molecule has 0 fully saturated rings. The van der Waals surface area contributed by atoms with Crippen molar-refractivity contribution < 1.29 is 4.74 Å². The molecule has 96 valence electrons. The second-order valence-electron chi connectivity index (χ2n) is 4.04. The van der Waals surface area contributed by atoms with Crippen molar-refractivity contribution >= 4 is 27.3 Å². The maximum Gasteiger partial charge on any atom is 0.119 e. The van der Waals surface area contributed by atoms with E-state index in [1.807, 2.05) is 31.2 Å². The first-order chi connectivity index (χ1) is 8.61. The van der Waals surface area contributed by atoms with Crippen molar-refractivity contribution in [3.05, 3.63) is 50.1 Å². The molecule has 4 heteroatoms. The highest BCUT2D eigenvalue weighted by Crippen LogP contribution is 2.32. The summed E-state index contributed by atoms with van der Waals surface area (Å²) in [5, 5.41) is 0. The third kappa shape index (κ3) is 2.94. The Morgan fingerprint density at radius 3 is 2.50 bits per heavy atom. The second kappa shape index (κ2) is 5.87. The Morgan fingerprint density at radius 1 is 1.33 bits per heavy atom. The third-order valence-corrected chi connectivity index (χ3v) is 4.38. The first-order valence-corrected chi connectivity index (χ1v) is 7.47. The first-order valence-electron chi connectivity index (χ1n) is 5.86. The molecule has 2 aromatic rings. The Balaban J connectivity index is 2.23. The molecule has 0 bridgehead atoms. The van der Waals surface area contributed by atoms with Crippen LogP contribution in [0.2, 0.25) is 0 Å². The average molecular weight is 326 g/mol. The van der Waals surface area contributed by atoms with Crippen LogP contribution in [0.1, 0.15) is 29.0 Å². The van der Waals surface area contributed by atoms with E-state index in [2.05, 4.69) is 28.9 Å². The van der Waals surface area contributed by atoms with Gasteiger partial charge in [0.25, 0.3) is 0 Å². The van der Waals surface area contributed by atoms with Crippen LogP contribution in [0.15, 0.2) is 34.1 Å². The minimum absolute atomic E-state index is 0.0803. The van der Waals surface area contributed by atoms with Gasteiger partial charge in [-0.15, -0.1) is 11.3 Å². The van der Waals surface area contributed by atoms with Crippen molar-refractivity contribution in [3.8, 4) is 5.75 Å². The summed E-state index contributed by atoms with van der Waals surface area (Å²) in [5.74, 6) is 0.886. The molecule has 1 aromatic heterocycles. The fraction of sp³-hybridized carbons (Fsp3) is 0.286. The van der Waals surface area contributed by atoms with E-state index in [9.17, 15) is 0 Å². The van der Waals surface area contributed by atoms with Crippen LogP contribution in [-0.4, -0.2) is 6.61 Å². The summed E-state index contributed by atoms with van der Waals surface area (Å²) in [6, 6.07) is 10.0. The summed E-state index contributed by atoms with van der Waals surface area (Å²) in [5.41, 5.74) is 8.58. The van der Waals surface area contributed by atoms with E-state index in [0.29, 0.717) is 6.61 Å². The molecule has 1 atom stereocenters. The molecule has 0 saturated carbocycles. The van der Waals surface area contributed by atoms with Crippen molar-refractivity contribution in [2.45, 2.75) is 19.9 Å². The first kappa shape index (κ1) is 13.6. The fourth-order valence-corrected chi connectivity index (χ4v) is 3.64. The zero-order valence-electron chi connectivity index (χ0n) is 10.4. The molecule has 1 unspecified atom stereocenters. The van der Waals surface area contributed by atoms with Crippen LogP contribution in [-0.2, 0) is 0 Å². The van der Waals surface area contributed by atoms with Crippen LogP contribution < -0.4 is 10.5 Å². The van der Waals surface area contributed by atoms with Crippen molar-refractivity contribution in [3.63, 3.8) is 0 Å². The highest BCUT2D eigenvalue weighted by molar-refractivity contribution is 9.11. The van der Waals surface area contributed by atoms with E-state index < -0.39 is 0 Å². The van der Waals surface area contributed by atoms with Crippen molar-refractivity contribution in [2.75, 3.05) is 6.61 Å². The molecule has 1 heterocycles. The van der Waals surface area contributed by atoms with E-state index >= 15 is 0 Å². The Kier molecular flexibility index (Phi) is 4.43. The van der Waals surface area contributed by atoms with Crippen molar-refractivity contribution in [1.82, 2.24) is 0 Å². The van der Waals surface area contributed by atoms with Gasteiger partial charge in [-0.1, -0.05) is 12.1 Å². The number of hydrogen-bond acceptors (Lipinski definition) is 3. The molecular weight excluding hydrogens is 310 g/mol. The van der Waals surface area contributed by atoms with Crippen molar-refractivity contribution in [1.29, 1.82) is 0 Å². The lowest BCUT2D eigenvalue weighted by Gasteiger charge is -2.12. The van der Waals surface area contributed by atoms with Crippen LogP contribution in [0.5, 0.6) is 5.75 Å². The quantitative estimate of drug-likeness (QED) is 0.911. The number of rotatable bonds is 4. The maximum atomic E-state index is 6.30. The molecule has 0 aliphatic carbocycles. The van der Waals surface area contributed by atoms with Crippen LogP contribution in [0.25, 0.3) is 0 Å². The second-order valence-corrected chi connectivity index (χ2v) is 6.68. The van der Waals surface area contributed by atoms with Crippen LogP contribution >= 0.6 is 27.3 Å². The van der Waals surface area contributed by atoms with E-state index in [0.717, 1.165) is 15.1 Å². The van der Waals surface area contributed by atoms with Gasteiger partial charge in [0, 0.05) is 4.88 Å². The standard InChI is InChI=1S/C14H16BrNOS/c1-3-17-11-6-4-10(5-7-11)14(16)12-8-13(15)18-9(12)2/h4-8,14H,3,16H2,1-2H3. The lowest BCUT2D eigenvalue weighted by Crippen LogP contribution is -2.11. The number of benzene rings is 1. The number of halogens is 1. The normalized spacial score (nSPS) is 12.4. The topological polar surface area (TPSA) is 35.2 Å². The predicted molar refractivity (Wildman–Crippen MR) is 80.4 cm³/mol.